The van der Waals surface area contributed by atoms with Crippen molar-refractivity contribution in [1.82, 2.24) is 20.4 Å². The molecule has 33 heavy (non-hydrogen) atoms. The minimum atomic E-state index is -0.125. The summed E-state index contributed by atoms with van der Waals surface area (Å²) < 4.78 is 0. The van der Waals surface area contributed by atoms with E-state index < -0.39 is 0 Å². The maximum Gasteiger partial charge on any atom is 0.233 e. The number of allylic oxidation sites excluding steroid dienone is 2. The number of hydrogen-bond donors (Lipinski definition) is 2. The van der Waals surface area contributed by atoms with Crippen molar-refractivity contribution >= 4 is 17.8 Å². The Bertz CT molecular complexity index is 970. The van der Waals surface area contributed by atoms with Crippen LogP contribution in [0, 0.1) is 23.7 Å². The highest BCUT2D eigenvalue weighted by molar-refractivity contribution is 6.06. The first-order valence-electron chi connectivity index (χ1n) is 12.2. The number of guanidine groups is 1. The van der Waals surface area contributed by atoms with Crippen molar-refractivity contribution in [2.24, 2.45) is 28.7 Å². The zero-order valence-corrected chi connectivity index (χ0v) is 19.9. The summed E-state index contributed by atoms with van der Waals surface area (Å²) in [7, 11) is 1.75. The topological polar surface area (TPSA) is 77.0 Å². The number of carbonyl (C=O) groups excluding carboxylic acids is 2. The fraction of sp³-hybridized carbons (Fsp3) is 0.577. The lowest BCUT2D eigenvalue weighted by Crippen LogP contribution is -2.55. The Morgan fingerprint density at radius 1 is 1.06 bits per heavy atom. The molecule has 5 rings (SSSR count). The van der Waals surface area contributed by atoms with Crippen molar-refractivity contribution in [3.63, 3.8) is 0 Å². The minimum Gasteiger partial charge on any atom is -0.355 e. The quantitative estimate of drug-likeness (QED) is 0.300. The molecule has 0 radical (unpaired) electrons. The number of imide groups is 1. The van der Waals surface area contributed by atoms with Crippen molar-refractivity contribution in [3.8, 4) is 0 Å². The monoisotopic (exact) mass is 449 g/mol. The lowest BCUT2D eigenvalue weighted by atomic mass is 9.85. The maximum absolute atomic E-state index is 12.8. The molecule has 0 aromatic heterocycles. The first-order chi connectivity index (χ1) is 15.9. The summed E-state index contributed by atoms with van der Waals surface area (Å²) in [4.78, 5) is 34.0. The molecular weight excluding hydrogens is 414 g/mol. The number of likely N-dealkylation sites (tertiary alicyclic amines) is 1. The van der Waals surface area contributed by atoms with Crippen molar-refractivity contribution in [2.75, 3.05) is 33.2 Å². The van der Waals surface area contributed by atoms with Gasteiger partial charge >= 0.3 is 0 Å². The van der Waals surface area contributed by atoms with Gasteiger partial charge in [0.05, 0.1) is 11.8 Å². The molecular formula is C26H35N5O2. The molecule has 1 saturated heterocycles. The van der Waals surface area contributed by atoms with Crippen molar-refractivity contribution in [3.05, 3.63) is 47.5 Å². The largest absolute Gasteiger partial charge is 0.355 e. The van der Waals surface area contributed by atoms with Gasteiger partial charge in [-0.15, -0.1) is 0 Å². The van der Waals surface area contributed by atoms with Crippen LogP contribution in [0.2, 0.25) is 0 Å². The summed E-state index contributed by atoms with van der Waals surface area (Å²) >= 11 is 0. The fourth-order valence-electron chi connectivity index (χ4n) is 6.12. The van der Waals surface area contributed by atoms with Gasteiger partial charge in [0.2, 0.25) is 11.8 Å². The molecule has 1 saturated carbocycles. The average molecular weight is 450 g/mol. The van der Waals surface area contributed by atoms with Crippen LogP contribution in [0.15, 0.2) is 41.4 Å². The van der Waals surface area contributed by atoms with Crippen molar-refractivity contribution in [1.29, 1.82) is 0 Å². The van der Waals surface area contributed by atoms with Crippen molar-refractivity contribution < 1.29 is 9.59 Å². The van der Waals surface area contributed by atoms with Crippen molar-refractivity contribution in [2.45, 2.75) is 38.8 Å². The van der Waals surface area contributed by atoms with Crippen LogP contribution >= 0.6 is 0 Å². The minimum absolute atomic E-state index is 0.0121. The summed E-state index contributed by atoms with van der Waals surface area (Å²) in [6.45, 7) is 8.13. The SMILES string of the molecule is CN=C(NCCN1C(=O)C2C3C=CC(C3)C2C1=O)NCC(C)(C)N1CCc2ccccc2C1. The Morgan fingerprint density at radius 2 is 1.73 bits per heavy atom. The molecule has 2 fully saturated rings. The third kappa shape index (κ3) is 3.97. The Balaban J connectivity index is 1.11. The molecule has 176 valence electrons. The van der Waals surface area contributed by atoms with Crippen LogP contribution < -0.4 is 10.6 Å². The van der Waals surface area contributed by atoms with Crippen LogP contribution in [0.25, 0.3) is 0 Å². The van der Waals surface area contributed by atoms with Crippen LogP contribution in [0.5, 0.6) is 0 Å². The molecule has 7 nitrogen and oxygen atoms in total. The van der Waals surface area contributed by atoms with E-state index in [1.165, 1.54) is 16.0 Å². The standard InChI is InChI=1S/C26H35N5O2/c1-26(2,30-12-10-17-6-4-5-7-20(17)15-30)16-29-25(27-3)28-11-13-31-23(32)21-18-8-9-19(14-18)22(21)24(31)33/h4-9,18-19,21-22H,10-16H2,1-3H3,(H2,27,28,29). The highest BCUT2D eigenvalue weighted by Crippen LogP contribution is 2.52. The van der Waals surface area contributed by atoms with Gasteiger partial charge in [0.15, 0.2) is 5.96 Å². The molecule has 7 heteroatoms. The number of benzene rings is 1. The third-order valence-corrected chi connectivity index (χ3v) is 8.09. The van der Waals surface area contributed by atoms with E-state index in [4.69, 9.17) is 0 Å². The van der Waals surface area contributed by atoms with Gasteiger partial charge in [-0.25, -0.2) is 0 Å². The van der Waals surface area contributed by atoms with Gasteiger partial charge in [-0.3, -0.25) is 24.4 Å². The van der Waals surface area contributed by atoms with Crippen LogP contribution in [0.4, 0.5) is 0 Å². The molecule has 2 bridgehead atoms. The molecule has 2 aliphatic carbocycles. The second-order valence-corrected chi connectivity index (χ2v) is 10.4. The number of fused-ring (bicyclic) bond motifs is 6. The molecule has 2 heterocycles. The second-order valence-electron chi connectivity index (χ2n) is 10.4. The fourth-order valence-corrected chi connectivity index (χ4v) is 6.12. The zero-order valence-electron chi connectivity index (χ0n) is 19.9. The van der Waals surface area contributed by atoms with E-state index in [0.717, 1.165) is 32.5 Å². The molecule has 2 amide bonds. The van der Waals surface area contributed by atoms with Gasteiger partial charge in [0.1, 0.15) is 0 Å². The number of amides is 2. The van der Waals surface area contributed by atoms with E-state index in [9.17, 15) is 9.59 Å². The number of aliphatic imine (C=N–C) groups is 1. The van der Waals surface area contributed by atoms with Crippen LogP contribution in [0.3, 0.4) is 0 Å². The third-order valence-electron chi connectivity index (χ3n) is 8.09. The Labute approximate surface area is 196 Å². The number of nitrogens with one attached hydrogen (secondary N) is 2. The molecule has 4 unspecified atom stereocenters. The van der Waals surface area contributed by atoms with Crippen LogP contribution in [-0.2, 0) is 22.6 Å². The number of nitrogens with zero attached hydrogens (tertiary/aromatic N) is 3. The zero-order chi connectivity index (χ0) is 23.2. The van der Waals surface area contributed by atoms with E-state index in [0.29, 0.717) is 19.0 Å². The lowest BCUT2D eigenvalue weighted by Gasteiger charge is -2.42. The number of rotatable bonds is 6. The normalized spacial score (nSPS) is 28.9. The van der Waals surface area contributed by atoms with Gasteiger partial charge in [-0.05, 0) is 49.7 Å². The molecule has 1 aromatic carbocycles. The van der Waals surface area contributed by atoms with Gasteiger partial charge in [0.25, 0.3) is 0 Å². The molecule has 1 aromatic rings. The summed E-state index contributed by atoms with van der Waals surface area (Å²) in [5, 5.41) is 6.73. The van der Waals surface area contributed by atoms with Crippen LogP contribution in [0.1, 0.15) is 31.4 Å². The van der Waals surface area contributed by atoms with E-state index >= 15 is 0 Å². The predicted octanol–water partition coefficient (Wildman–Crippen LogP) is 1.80. The van der Waals surface area contributed by atoms with E-state index in [-0.39, 0.29) is 41.0 Å². The van der Waals surface area contributed by atoms with Gasteiger partial charge in [-0.2, -0.15) is 0 Å². The maximum atomic E-state index is 12.8. The lowest BCUT2D eigenvalue weighted by molar-refractivity contribution is -0.140. The summed E-state index contributed by atoms with van der Waals surface area (Å²) in [6.07, 6.45) is 6.30. The summed E-state index contributed by atoms with van der Waals surface area (Å²) in [5.41, 5.74) is 2.82. The first kappa shape index (κ1) is 22.1. The molecule has 0 spiro atoms. The first-order valence-corrected chi connectivity index (χ1v) is 12.2. The smallest absolute Gasteiger partial charge is 0.233 e. The van der Waals surface area contributed by atoms with E-state index in [1.54, 1.807) is 7.05 Å². The van der Waals surface area contributed by atoms with Crippen LogP contribution in [-0.4, -0.2) is 66.3 Å². The molecule has 2 aliphatic heterocycles. The highest BCUT2D eigenvalue weighted by Gasteiger charge is 2.58. The van der Waals surface area contributed by atoms with E-state index in [1.807, 2.05) is 0 Å². The summed E-state index contributed by atoms with van der Waals surface area (Å²) in [5.74, 6) is 0.985. The van der Waals surface area contributed by atoms with E-state index in [2.05, 4.69) is 70.8 Å². The Kier molecular flexibility index (Phi) is 5.77. The Morgan fingerprint density at radius 3 is 2.39 bits per heavy atom. The number of carbonyl (C=O) groups is 2. The van der Waals surface area contributed by atoms with Gasteiger partial charge in [-0.1, -0.05) is 36.4 Å². The number of hydrogen-bond acceptors (Lipinski definition) is 4. The second kappa shape index (κ2) is 8.60. The molecule has 4 atom stereocenters. The highest BCUT2D eigenvalue weighted by atomic mass is 16.2. The summed E-state index contributed by atoms with van der Waals surface area (Å²) in [6, 6.07) is 8.69. The Hall–Kier alpha value is -2.67. The van der Waals surface area contributed by atoms with Gasteiger partial charge < -0.3 is 10.6 Å². The molecule has 4 aliphatic rings. The van der Waals surface area contributed by atoms with Gasteiger partial charge in [0, 0.05) is 45.3 Å². The average Bonchev–Trinajstić information content (AvgIpc) is 3.50. The molecule has 2 N–H and O–H groups in total. The predicted molar refractivity (Wildman–Crippen MR) is 128 cm³/mol.